The van der Waals surface area contributed by atoms with Crippen molar-refractivity contribution in [3.63, 3.8) is 0 Å². The van der Waals surface area contributed by atoms with E-state index in [1.165, 1.54) is 55.1 Å². The zero-order valence-corrected chi connectivity index (χ0v) is 12.9. The molecule has 1 aromatic rings. The largest absolute Gasteiger partial charge is 0.314 e. The summed E-state index contributed by atoms with van der Waals surface area (Å²) in [5, 5.41) is 3.69. The van der Waals surface area contributed by atoms with Gasteiger partial charge in [0.25, 0.3) is 0 Å². The molecule has 0 amide bonds. The van der Waals surface area contributed by atoms with Crippen molar-refractivity contribution in [1.82, 2.24) is 5.32 Å². The summed E-state index contributed by atoms with van der Waals surface area (Å²) in [6.45, 7) is 3.42. The van der Waals surface area contributed by atoms with Crippen LogP contribution in [0.15, 0.2) is 28.7 Å². The van der Waals surface area contributed by atoms with Gasteiger partial charge in [-0.2, -0.15) is 0 Å². The third kappa shape index (κ3) is 4.10. The second-order valence-electron chi connectivity index (χ2n) is 5.48. The van der Waals surface area contributed by atoms with Crippen LogP contribution in [0.1, 0.15) is 44.6 Å². The third-order valence-corrected chi connectivity index (χ3v) is 4.71. The van der Waals surface area contributed by atoms with Crippen LogP contribution >= 0.6 is 15.9 Å². The standard InChI is InChI=1S/C16H24BrN/c1-2-10-18-15-8-5-6-13(12-15)11-14-7-3-4-9-16(14)17/h3-4,7,9,13,15,18H,2,5-6,8,10-12H2,1H3. The average Bonchev–Trinajstić information content (AvgIpc) is 2.40. The summed E-state index contributed by atoms with van der Waals surface area (Å²) >= 11 is 3.66. The monoisotopic (exact) mass is 309 g/mol. The van der Waals surface area contributed by atoms with Gasteiger partial charge in [0, 0.05) is 10.5 Å². The van der Waals surface area contributed by atoms with Crippen molar-refractivity contribution in [2.75, 3.05) is 6.54 Å². The van der Waals surface area contributed by atoms with Gasteiger partial charge < -0.3 is 5.32 Å². The molecule has 1 saturated carbocycles. The number of hydrogen-bond acceptors (Lipinski definition) is 1. The highest BCUT2D eigenvalue weighted by Crippen LogP contribution is 2.29. The van der Waals surface area contributed by atoms with Gasteiger partial charge in [-0.05, 0) is 49.8 Å². The van der Waals surface area contributed by atoms with Crippen molar-refractivity contribution in [1.29, 1.82) is 0 Å². The molecule has 2 heteroatoms. The highest BCUT2D eigenvalue weighted by molar-refractivity contribution is 9.10. The molecule has 1 aliphatic rings. The lowest BCUT2D eigenvalue weighted by Crippen LogP contribution is -2.35. The molecule has 2 rings (SSSR count). The molecular weight excluding hydrogens is 286 g/mol. The van der Waals surface area contributed by atoms with Crippen LogP contribution in [0.25, 0.3) is 0 Å². The number of hydrogen-bond donors (Lipinski definition) is 1. The van der Waals surface area contributed by atoms with Crippen molar-refractivity contribution >= 4 is 15.9 Å². The minimum Gasteiger partial charge on any atom is -0.314 e. The second-order valence-corrected chi connectivity index (χ2v) is 6.33. The van der Waals surface area contributed by atoms with Crippen LogP contribution in [0.4, 0.5) is 0 Å². The van der Waals surface area contributed by atoms with Crippen LogP contribution in [-0.2, 0) is 6.42 Å². The van der Waals surface area contributed by atoms with Gasteiger partial charge in [0.2, 0.25) is 0 Å². The molecule has 1 nitrogen and oxygen atoms in total. The van der Waals surface area contributed by atoms with Crippen LogP contribution in [0.2, 0.25) is 0 Å². The molecule has 1 aliphatic carbocycles. The Kier molecular flexibility index (Phi) is 5.71. The molecule has 2 atom stereocenters. The zero-order valence-electron chi connectivity index (χ0n) is 11.3. The second kappa shape index (κ2) is 7.30. The highest BCUT2D eigenvalue weighted by Gasteiger charge is 2.21. The van der Waals surface area contributed by atoms with Gasteiger partial charge in [0.15, 0.2) is 0 Å². The van der Waals surface area contributed by atoms with Crippen molar-refractivity contribution in [3.05, 3.63) is 34.3 Å². The first-order valence-electron chi connectivity index (χ1n) is 7.26. The summed E-state index contributed by atoms with van der Waals surface area (Å²) in [4.78, 5) is 0. The van der Waals surface area contributed by atoms with Crippen LogP contribution in [-0.4, -0.2) is 12.6 Å². The van der Waals surface area contributed by atoms with Crippen molar-refractivity contribution in [3.8, 4) is 0 Å². The Hall–Kier alpha value is -0.340. The summed E-state index contributed by atoms with van der Waals surface area (Å²) in [6.07, 6.45) is 7.97. The van der Waals surface area contributed by atoms with E-state index in [4.69, 9.17) is 0 Å². The Morgan fingerprint density at radius 1 is 1.28 bits per heavy atom. The normalized spacial score (nSPS) is 24.1. The van der Waals surface area contributed by atoms with E-state index in [0.29, 0.717) is 0 Å². The van der Waals surface area contributed by atoms with E-state index in [9.17, 15) is 0 Å². The first-order chi connectivity index (χ1) is 8.79. The third-order valence-electron chi connectivity index (χ3n) is 3.93. The topological polar surface area (TPSA) is 12.0 Å². The van der Waals surface area contributed by atoms with E-state index in [1.54, 1.807) is 0 Å². The van der Waals surface area contributed by atoms with Gasteiger partial charge in [-0.3, -0.25) is 0 Å². The Bertz CT molecular complexity index is 364. The van der Waals surface area contributed by atoms with Gasteiger partial charge in [-0.25, -0.2) is 0 Å². The average molecular weight is 310 g/mol. The summed E-state index contributed by atoms with van der Waals surface area (Å²) in [7, 11) is 0. The Morgan fingerprint density at radius 3 is 2.89 bits per heavy atom. The van der Waals surface area contributed by atoms with Crippen molar-refractivity contribution in [2.24, 2.45) is 5.92 Å². The first-order valence-corrected chi connectivity index (χ1v) is 8.05. The summed E-state index contributed by atoms with van der Waals surface area (Å²) in [5.41, 5.74) is 1.47. The molecule has 1 N–H and O–H groups in total. The van der Waals surface area contributed by atoms with E-state index in [-0.39, 0.29) is 0 Å². The quantitative estimate of drug-likeness (QED) is 0.841. The lowest BCUT2D eigenvalue weighted by molar-refractivity contribution is 0.284. The van der Waals surface area contributed by atoms with E-state index in [1.807, 2.05) is 0 Å². The molecule has 1 fully saturated rings. The molecule has 0 saturated heterocycles. The molecule has 0 aliphatic heterocycles. The minimum atomic E-state index is 0.756. The fourth-order valence-corrected chi connectivity index (χ4v) is 3.43. The zero-order chi connectivity index (χ0) is 12.8. The van der Waals surface area contributed by atoms with Crippen molar-refractivity contribution < 1.29 is 0 Å². The molecule has 18 heavy (non-hydrogen) atoms. The Labute approximate surface area is 119 Å². The van der Waals surface area contributed by atoms with Crippen molar-refractivity contribution in [2.45, 2.75) is 51.5 Å². The van der Waals surface area contributed by atoms with E-state index in [2.05, 4.69) is 52.4 Å². The first kappa shape index (κ1) is 14.1. The van der Waals surface area contributed by atoms with Crippen LogP contribution in [0.5, 0.6) is 0 Å². The van der Waals surface area contributed by atoms with Gasteiger partial charge in [-0.15, -0.1) is 0 Å². The fourth-order valence-electron chi connectivity index (χ4n) is 2.99. The van der Waals surface area contributed by atoms with Gasteiger partial charge in [0.05, 0.1) is 0 Å². The Balaban J connectivity index is 1.87. The number of halogens is 1. The smallest absolute Gasteiger partial charge is 0.0207 e. The molecule has 2 unspecified atom stereocenters. The number of benzene rings is 1. The lowest BCUT2D eigenvalue weighted by Gasteiger charge is -2.30. The van der Waals surface area contributed by atoms with Gasteiger partial charge >= 0.3 is 0 Å². The molecule has 0 radical (unpaired) electrons. The molecule has 0 bridgehead atoms. The Morgan fingerprint density at radius 2 is 2.11 bits per heavy atom. The molecule has 0 aromatic heterocycles. The molecule has 100 valence electrons. The number of nitrogens with one attached hydrogen (secondary N) is 1. The number of rotatable bonds is 5. The minimum absolute atomic E-state index is 0.756. The predicted octanol–water partition coefficient (Wildman–Crippen LogP) is 4.55. The van der Waals surface area contributed by atoms with E-state index in [0.717, 1.165) is 12.0 Å². The molecule has 0 spiro atoms. The van der Waals surface area contributed by atoms with Gasteiger partial charge in [0.1, 0.15) is 0 Å². The predicted molar refractivity (Wildman–Crippen MR) is 81.9 cm³/mol. The summed E-state index contributed by atoms with van der Waals surface area (Å²) < 4.78 is 1.27. The maximum absolute atomic E-state index is 3.69. The summed E-state index contributed by atoms with van der Waals surface area (Å²) in [6, 6.07) is 9.42. The molecular formula is C16H24BrN. The SMILES string of the molecule is CCCNC1CCCC(Cc2ccccc2Br)C1. The lowest BCUT2D eigenvalue weighted by atomic mass is 9.82. The fraction of sp³-hybridized carbons (Fsp3) is 0.625. The van der Waals surface area contributed by atoms with E-state index < -0.39 is 0 Å². The van der Waals surface area contributed by atoms with Crippen LogP contribution < -0.4 is 5.32 Å². The van der Waals surface area contributed by atoms with Crippen LogP contribution in [0, 0.1) is 5.92 Å². The summed E-state index contributed by atoms with van der Waals surface area (Å²) in [5.74, 6) is 0.854. The van der Waals surface area contributed by atoms with E-state index >= 15 is 0 Å². The molecule has 0 heterocycles. The van der Waals surface area contributed by atoms with Gasteiger partial charge in [-0.1, -0.05) is 53.9 Å². The van der Waals surface area contributed by atoms with Crippen LogP contribution in [0.3, 0.4) is 0 Å². The highest BCUT2D eigenvalue weighted by atomic mass is 79.9. The molecule has 1 aromatic carbocycles. The maximum Gasteiger partial charge on any atom is 0.0207 e. The maximum atomic E-state index is 3.69.